The van der Waals surface area contributed by atoms with Crippen LogP contribution in [0.2, 0.25) is 0 Å². The summed E-state index contributed by atoms with van der Waals surface area (Å²) in [5.74, 6) is -0.407. The molecular formula is C21H24F4N2O3S2. The van der Waals surface area contributed by atoms with Crippen LogP contribution in [0.25, 0.3) is 0 Å². The first-order valence-electron chi connectivity index (χ1n) is 9.87. The zero-order valence-corrected chi connectivity index (χ0v) is 19.5. The summed E-state index contributed by atoms with van der Waals surface area (Å²) in [6.45, 7) is 1.97. The highest BCUT2D eigenvalue weighted by atomic mass is 32.2. The van der Waals surface area contributed by atoms with E-state index >= 15 is 0 Å². The van der Waals surface area contributed by atoms with Crippen molar-refractivity contribution in [3.63, 3.8) is 0 Å². The number of benzene rings is 2. The summed E-state index contributed by atoms with van der Waals surface area (Å²) in [5.41, 5.74) is -0.797. The minimum Gasteiger partial charge on any atom is -0.496 e. The minimum atomic E-state index is -4.76. The molecule has 0 radical (unpaired) electrons. The third-order valence-electron chi connectivity index (χ3n) is 5.37. The van der Waals surface area contributed by atoms with Crippen LogP contribution in [0.15, 0.2) is 41.3 Å². The van der Waals surface area contributed by atoms with Crippen LogP contribution < -0.4 is 9.64 Å². The number of thioether (sulfide) groups is 1. The molecule has 0 fully saturated rings. The summed E-state index contributed by atoms with van der Waals surface area (Å²) in [6, 6.07) is 6.49. The highest BCUT2D eigenvalue weighted by molar-refractivity contribution is 7.98. The van der Waals surface area contributed by atoms with Crippen LogP contribution in [0.1, 0.15) is 18.9 Å². The SMILES string of the molecule is CCN1[C@H](CCSC)CN(c2ccc(F)cc2)c2cc(C(F)(F)F)c(OC)cc2S1(=O)=O. The summed E-state index contributed by atoms with van der Waals surface area (Å²) < 4.78 is 88.2. The number of ether oxygens (including phenoxy) is 1. The largest absolute Gasteiger partial charge is 0.496 e. The zero-order valence-electron chi connectivity index (χ0n) is 17.8. The van der Waals surface area contributed by atoms with Gasteiger partial charge >= 0.3 is 6.18 Å². The van der Waals surface area contributed by atoms with Crippen LogP contribution in [0.3, 0.4) is 0 Å². The van der Waals surface area contributed by atoms with Gasteiger partial charge in [0.25, 0.3) is 0 Å². The number of likely N-dealkylation sites (N-methyl/N-ethyl adjacent to an activating group) is 1. The quantitative estimate of drug-likeness (QED) is 0.523. The van der Waals surface area contributed by atoms with Crippen molar-refractivity contribution in [2.45, 2.75) is 30.5 Å². The number of nitrogens with zero attached hydrogens (tertiary/aromatic N) is 2. The Morgan fingerprint density at radius 3 is 2.38 bits per heavy atom. The number of hydrogen-bond donors (Lipinski definition) is 0. The van der Waals surface area contributed by atoms with Crippen LogP contribution in [-0.4, -0.2) is 51.0 Å². The average molecular weight is 493 g/mol. The molecule has 1 aliphatic rings. The van der Waals surface area contributed by atoms with Crippen molar-refractivity contribution in [1.29, 1.82) is 0 Å². The van der Waals surface area contributed by atoms with Crippen molar-refractivity contribution in [3.05, 3.63) is 47.8 Å². The molecule has 0 bridgehead atoms. The molecule has 11 heteroatoms. The first kappa shape index (κ1) is 24.7. The predicted molar refractivity (Wildman–Crippen MR) is 118 cm³/mol. The molecule has 0 spiro atoms. The lowest BCUT2D eigenvalue weighted by atomic mass is 10.1. The van der Waals surface area contributed by atoms with Gasteiger partial charge in [-0.3, -0.25) is 0 Å². The van der Waals surface area contributed by atoms with E-state index in [4.69, 9.17) is 4.74 Å². The van der Waals surface area contributed by atoms with E-state index in [-0.39, 0.29) is 23.7 Å². The summed E-state index contributed by atoms with van der Waals surface area (Å²) in [5, 5.41) is 0. The molecule has 1 heterocycles. The Kier molecular flexibility index (Phi) is 7.31. The first-order chi connectivity index (χ1) is 15.0. The minimum absolute atomic E-state index is 0.116. The van der Waals surface area contributed by atoms with E-state index in [1.165, 1.54) is 33.5 Å². The molecule has 1 atom stereocenters. The lowest BCUT2D eigenvalue weighted by Gasteiger charge is -2.31. The second-order valence-corrected chi connectivity index (χ2v) is 10.1. The van der Waals surface area contributed by atoms with E-state index < -0.39 is 39.4 Å². The Bertz CT molecular complexity index is 1060. The fourth-order valence-corrected chi connectivity index (χ4v) is 6.22. The number of fused-ring (bicyclic) bond motifs is 1. The standard InChI is InChI=1S/C21H24F4N2O3S2/c1-4-27-16(9-10-31-3)13-26(15-7-5-14(22)6-8-15)18-11-17(21(23,24)25)19(30-2)12-20(18)32(27,28)29/h5-8,11-12,16H,4,9-10,13H2,1-3H3/t16-/m1/s1. The smallest absolute Gasteiger partial charge is 0.420 e. The Labute approximate surface area is 189 Å². The monoisotopic (exact) mass is 492 g/mol. The number of alkyl halides is 3. The second kappa shape index (κ2) is 9.48. The fourth-order valence-electron chi connectivity index (χ4n) is 3.86. The van der Waals surface area contributed by atoms with E-state index in [0.29, 0.717) is 17.9 Å². The van der Waals surface area contributed by atoms with Crippen molar-refractivity contribution >= 4 is 33.2 Å². The normalized spacial score (nSPS) is 18.8. The van der Waals surface area contributed by atoms with Gasteiger partial charge in [0.1, 0.15) is 16.5 Å². The van der Waals surface area contributed by atoms with Crippen molar-refractivity contribution in [3.8, 4) is 5.75 Å². The number of rotatable bonds is 6. The van der Waals surface area contributed by atoms with Crippen LogP contribution in [0.4, 0.5) is 28.9 Å². The molecule has 0 aromatic heterocycles. The van der Waals surface area contributed by atoms with Crippen molar-refractivity contribution in [2.24, 2.45) is 0 Å². The molecule has 0 aliphatic carbocycles. The van der Waals surface area contributed by atoms with Gasteiger partial charge in [-0.1, -0.05) is 6.92 Å². The molecule has 0 saturated carbocycles. The molecule has 2 aromatic carbocycles. The third-order valence-corrected chi connectivity index (χ3v) is 8.07. The molecule has 32 heavy (non-hydrogen) atoms. The molecule has 1 aliphatic heterocycles. The molecule has 3 rings (SSSR count). The molecule has 0 N–H and O–H groups in total. The van der Waals surface area contributed by atoms with E-state index in [9.17, 15) is 26.0 Å². The van der Waals surface area contributed by atoms with E-state index in [1.807, 2.05) is 6.26 Å². The maximum Gasteiger partial charge on any atom is 0.420 e. The number of sulfonamides is 1. The number of methoxy groups -OCH3 is 1. The lowest BCUT2D eigenvalue weighted by molar-refractivity contribution is -0.138. The summed E-state index contributed by atoms with van der Waals surface area (Å²) in [4.78, 5) is 1.24. The van der Waals surface area contributed by atoms with Crippen LogP contribution in [-0.2, 0) is 16.2 Å². The molecule has 0 saturated heterocycles. The Hall–Kier alpha value is -1.98. The van der Waals surface area contributed by atoms with Crippen LogP contribution in [0.5, 0.6) is 5.75 Å². The maximum absolute atomic E-state index is 13.8. The second-order valence-electron chi connectivity index (χ2n) is 7.25. The molecule has 5 nitrogen and oxygen atoms in total. The molecule has 176 valence electrons. The Morgan fingerprint density at radius 2 is 1.84 bits per heavy atom. The van der Waals surface area contributed by atoms with E-state index in [0.717, 1.165) is 19.2 Å². The van der Waals surface area contributed by atoms with Crippen LogP contribution in [0, 0.1) is 5.82 Å². The molecule has 0 amide bonds. The molecule has 0 unspecified atom stereocenters. The summed E-state index contributed by atoms with van der Waals surface area (Å²) in [6.07, 6.45) is -2.36. The van der Waals surface area contributed by atoms with Crippen LogP contribution >= 0.6 is 11.8 Å². The van der Waals surface area contributed by atoms with Gasteiger partial charge in [-0.05, 0) is 48.8 Å². The molecular weight excluding hydrogens is 468 g/mol. The number of halogens is 4. The topological polar surface area (TPSA) is 49.9 Å². The van der Waals surface area contributed by atoms with Crippen molar-refractivity contribution in [2.75, 3.05) is 37.1 Å². The lowest BCUT2D eigenvalue weighted by Crippen LogP contribution is -2.43. The fraction of sp³-hybridized carbons (Fsp3) is 0.429. The zero-order chi connectivity index (χ0) is 23.7. The van der Waals surface area contributed by atoms with Gasteiger partial charge in [-0.15, -0.1) is 0 Å². The van der Waals surface area contributed by atoms with Gasteiger partial charge in [0, 0.05) is 30.9 Å². The van der Waals surface area contributed by atoms with Gasteiger partial charge in [-0.2, -0.15) is 29.2 Å². The number of anilines is 2. The Balaban J connectivity index is 2.33. The van der Waals surface area contributed by atoms with Gasteiger partial charge in [0.05, 0.1) is 18.4 Å². The summed E-state index contributed by atoms with van der Waals surface area (Å²) >= 11 is 1.55. The maximum atomic E-state index is 13.8. The third kappa shape index (κ3) is 4.69. The van der Waals surface area contributed by atoms with E-state index in [2.05, 4.69) is 0 Å². The highest BCUT2D eigenvalue weighted by Crippen LogP contribution is 2.45. The van der Waals surface area contributed by atoms with Gasteiger partial charge in [0.15, 0.2) is 0 Å². The van der Waals surface area contributed by atoms with Crippen molar-refractivity contribution < 1.29 is 30.7 Å². The predicted octanol–water partition coefficient (Wildman–Crippen LogP) is 5.14. The number of hydrogen-bond acceptors (Lipinski definition) is 5. The van der Waals surface area contributed by atoms with E-state index in [1.54, 1.807) is 18.7 Å². The van der Waals surface area contributed by atoms with Crippen molar-refractivity contribution in [1.82, 2.24) is 4.31 Å². The van der Waals surface area contributed by atoms with Gasteiger partial charge < -0.3 is 9.64 Å². The highest BCUT2D eigenvalue weighted by Gasteiger charge is 2.42. The van der Waals surface area contributed by atoms with Gasteiger partial charge in [0.2, 0.25) is 10.0 Å². The van der Waals surface area contributed by atoms with Gasteiger partial charge in [-0.25, -0.2) is 12.8 Å². The average Bonchev–Trinajstić information content (AvgIpc) is 2.83. The Morgan fingerprint density at radius 1 is 1.19 bits per heavy atom. The first-order valence-corrected chi connectivity index (χ1v) is 12.7. The summed E-state index contributed by atoms with van der Waals surface area (Å²) in [7, 11) is -3.07. The molecule has 2 aromatic rings.